The number of hydrogen-bond acceptors (Lipinski definition) is 4. The summed E-state index contributed by atoms with van der Waals surface area (Å²) in [6, 6.07) is 8.03. The van der Waals surface area contributed by atoms with Crippen LogP contribution in [0.5, 0.6) is 5.75 Å². The van der Waals surface area contributed by atoms with E-state index in [0.717, 1.165) is 12.8 Å². The number of halogens is 1. The number of nitrogens with one attached hydrogen (secondary N) is 2. The summed E-state index contributed by atoms with van der Waals surface area (Å²) >= 11 is 0. The van der Waals surface area contributed by atoms with Crippen LogP contribution in [0, 0.1) is 18.2 Å². The van der Waals surface area contributed by atoms with Crippen molar-refractivity contribution in [2.45, 2.75) is 59.5 Å². The van der Waals surface area contributed by atoms with Gasteiger partial charge in [0.25, 0.3) is 11.8 Å². The van der Waals surface area contributed by atoms with E-state index in [2.05, 4.69) is 31.4 Å². The number of amides is 2. The Morgan fingerprint density at radius 1 is 1.09 bits per heavy atom. The largest absolute Gasteiger partial charge is 0.467 e. The average molecular weight is 457 g/mol. The maximum absolute atomic E-state index is 14.8. The van der Waals surface area contributed by atoms with Crippen molar-refractivity contribution in [3.8, 4) is 16.9 Å². The van der Waals surface area contributed by atoms with E-state index in [1.807, 2.05) is 6.92 Å². The molecule has 1 unspecified atom stereocenters. The minimum atomic E-state index is -0.480. The molecule has 0 spiro atoms. The molecule has 2 N–H and O–H groups in total. The van der Waals surface area contributed by atoms with Crippen molar-refractivity contribution < 1.29 is 23.5 Å². The van der Waals surface area contributed by atoms with Crippen LogP contribution in [0.25, 0.3) is 11.1 Å². The SMILES string of the molecule is COCOc1cc(C(=O)NC(C)C(C)(C)C)ccc1-c1cc(C(=O)NC2CC2)cc(F)c1C. The highest BCUT2D eigenvalue weighted by molar-refractivity contribution is 5.98. The van der Waals surface area contributed by atoms with Crippen LogP contribution < -0.4 is 15.4 Å². The molecule has 0 radical (unpaired) electrons. The molecule has 0 saturated heterocycles. The van der Waals surface area contributed by atoms with E-state index >= 15 is 0 Å². The van der Waals surface area contributed by atoms with E-state index in [9.17, 15) is 14.0 Å². The van der Waals surface area contributed by atoms with Crippen molar-refractivity contribution in [2.24, 2.45) is 5.41 Å². The standard InChI is InChI=1S/C26H33FN2O4/c1-15-21(11-18(12-22(15)27)25(31)29-19-8-9-19)20-10-7-17(13-23(20)33-14-32-6)24(30)28-16(2)26(3,4)5/h7,10-13,16,19H,8-9,14H2,1-6H3,(H,28,30)(H,29,31). The van der Waals surface area contributed by atoms with Crippen molar-refractivity contribution >= 4 is 11.8 Å². The lowest BCUT2D eigenvalue weighted by molar-refractivity contribution is 0.0514. The molecule has 1 aliphatic carbocycles. The molecule has 2 aromatic rings. The fourth-order valence-electron chi connectivity index (χ4n) is 3.21. The second-order valence-electron chi connectivity index (χ2n) is 9.70. The lowest BCUT2D eigenvalue weighted by Crippen LogP contribution is -2.41. The van der Waals surface area contributed by atoms with Crippen LogP contribution in [0.2, 0.25) is 0 Å². The third kappa shape index (κ3) is 6.11. The quantitative estimate of drug-likeness (QED) is 0.558. The molecule has 6 nitrogen and oxygen atoms in total. The minimum Gasteiger partial charge on any atom is -0.467 e. The summed E-state index contributed by atoms with van der Waals surface area (Å²) in [5, 5.41) is 5.90. The van der Waals surface area contributed by atoms with Crippen molar-refractivity contribution in [1.29, 1.82) is 0 Å². The summed E-state index contributed by atoms with van der Waals surface area (Å²) in [5.74, 6) is -0.641. The molecule has 178 valence electrons. The number of methoxy groups -OCH3 is 1. The number of ether oxygens (including phenoxy) is 2. The van der Waals surface area contributed by atoms with Gasteiger partial charge in [-0.1, -0.05) is 20.8 Å². The third-order valence-corrected chi connectivity index (χ3v) is 6.03. The molecule has 3 rings (SSSR count). The first-order valence-electron chi connectivity index (χ1n) is 11.2. The van der Waals surface area contributed by atoms with Crippen molar-refractivity contribution in [2.75, 3.05) is 13.9 Å². The number of rotatable bonds is 8. The van der Waals surface area contributed by atoms with Gasteiger partial charge in [-0.15, -0.1) is 0 Å². The Bertz CT molecular complexity index is 1040. The molecule has 0 aliphatic heterocycles. The Balaban J connectivity index is 1.98. The first-order chi connectivity index (χ1) is 15.5. The van der Waals surface area contributed by atoms with Crippen molar-refractivity contribution in [3.63, 3.8) is 0 Å². The molecule has 2 amide bonds. The number of carbonyl (C=O) groups is 2. The predicted octanol–water partition coefficient (Wildman–Crippen LogP) is 4.84. The van der Waals surface area contributed by atoms with Crippen molar-refractivity contribution in [1.82, 2.24) is 10.6 Å². The summed E-state index contributed by atoms with van der Waals surface area (Å²) < 4.78 is 25.6. The van der Waals surface area contributed by atoms with Gasteiger partial charge < -0.3 is 20.1 Å². The Kier molecular flexibility index (Phi) is 7.42. The molecule has 2 aromatic carbocycles. The number of hydrogen-bond donors (Lipinski definition) is 2. The molecule has 0 aromatic heterocycles. The minimum absolute atomic E-state index is 0.0418. The van der Waals surface area contributed by atoms with E-state index in [1.165, 1.54) is 13.2 Å². The molecule has 1 aliphatic rings. The van der Waals surface area contributed by atoms with Gasteiger partial charge in [0.1, 0.15) is 11.6 Å². The fraction of sp³-hybridized carbons (Fsp3) is 0.462. The lowest BCUT2D eigenvalue weighted by atomic mass is 9.88. The highest BCUT2D eigenvalue weighted by Gasteiger charge is 2.26. The molecule has 1 fully saturated rings. The molecular weight excluding hydrogens is 423 g/mol. The monoisotopic (exact) mass is 456 g/mol. The van der Waals surface area contributed by atoms with Crippen LogP contribution in [0.15, 0.2) is 30.3 Å². The van der Waals surface area contributed by atoms with Gasteiger partial charge >= 0.3 is 0 Å². The first kappa shape index (κ1) is 24.7. The summed E-state index contributed by atoms with van der Waals surface area (Å²) in [7, 11) is 1.50. The van der Waals surface area contributed by atoms with Crippen LogP contribution in [0.1, 0.15) is 66.8 Å². The van der Waals surface area contributed by atoms with E-state index < -0.39 is 5.82 Å². The molecule has 1 saturated carbocycles. The van der Waals surface area contributed by atoms with E-state index in [1.54, 1.807) is 31.2 Å². The first-order valence-corrected chi connectivity index (χ1v) is 11.2. The Hall–Kier alpha value is -2.93. The second kappa shape index (κ2) is 9.91. The topological polar surface area (TPSA) is 76.7 Å². The zero-order valence-corrected chi connectivity index (χ0v) is 20.2. The highest BCUT2D eigenvalue weighted by atomic mass is 19.1. The molecule has 0 bridgehead atoms. The van der Waals surface area contributed by atoms with Gasteiger partial charge in [0, 0.05) is 35.9 Å². The lowest BCUT2D eigenvalue weighted by Gasteiger charge is -2.28. The zero-order valence-electron chi connectivity index (χ0n) is 20.2. The van der Waals surface area contributed by atoms with Crippen LogP contribution in [-0.2, 0) is 4.74 Å². The van der Waals surface area contributed by atoms with Crippen LogP contribution in [0.4, 0.5) is 4.39 Å². The van der Waals surface area contributed by atoms with Gasteiger partial charge in [-0.2, -0.15) is 0 Å². The maximum atomic E-state index is 14.8. The number of benzene rings is 2. The molecule has 0 heterocycles. The average Bonchev–Trinajstić information content (AvgIpc) is 3.57. The van der Waals surface area contributed by atoms with E-state index in [0.29, 0.717) is 28.0 Å². The summed E-state index contributed by atoms with van der Waals surface area (Å²) in [4.78, 5) is 25.4. The van der Waals surface area contributed by atoms with Gasteiger partial charge in [-0.25, -0.2) is 4.39 Å². The molecular formula is C26H33FN2O4. The van der Waals surface area contributed by atoms with E-state index in [4.69, 9.17) is 9.47 Å². The summed E-state index contributed by atoms with van der Waals surface area (Å²) in [5.41, 5.74) is 2.06. The second-order valence-corrected chi connectivity index (χ2v) is 9.70. The van der Waals surface area contributed by atoms with Crippen LogP contribution in [0.3, 0.4) is 0 Å². The smallest absolute Gasteiger partial charge is 0.251 e. The zero-order chi connectivity index (χ0) is 24.3. The van der Waals surface area contributed by atoms with E-state index in [-0.39, 0.29) is 41.7 Å². The summed E-state index contributed by atoms with van der Waals surface area (Å²) in [6.07, 6.45) is 1.89. The normalized spacial score (nSPS) is 14.5. The van der Waals surface area contributed by atoms with Gasteiger partial charge in [0.05, 0.1) is 0 Å². The highest BCUT2D eigenvalue weighted by Crippen LogP contribution is 2.35. The molecule has 33 heavy (non-hydrogen) atoms. The molecule has 7 heteroatoms. The van der Waals surface area contributed by atoms with Crippen molar-refractivity contribution in [3.05, 3.63) is 52.8 Å². The van der Waals surface area contributed by atoms with Gasteiger partial charge in [-0.3, -0.25) is 9.59 Å². The fourth-order valence-corrected chi connectivity index (χ4v) is 3.21. The van der Waals surface area contributed by atoms with Gasteiger partial charge in [0.15, 0.2) is 6.79 Å². The Morgan fingerprint density at radius 3 is 2.39 bits per heavy atom. The van der Waals surface area contributed by atoms with Crippen LogP contribution in [-0.4, -0.2) is 37.8 Å². The van der Waals surface area contributed by atoms with Gasteiger partial charge in [-0.05, 0) is 73.6 Å². The third-order valence-electron chi connectivity index (χ3n) is 6.03. The van der Waals surface area contributed by atoms with Crippen LogP contribution >= 0.6 is 0 Å². The Labute approximate surface area is 194 Å². The van der Waals surface area contributed by atoms with Gasteiger partial charge in [0.2, 0.25) is 0 Å². The predicted molar refractivity (Wildman–Crippen MR) is 126 cm³/mol. The molecule has 1 atom stereocenters. The number of carbonyl (C=O) groups excluding carboxylic acids is 2. The summed E-state index contributed by atoms with van der Waals surface area (Å²) in [6.45, 7) is 9.73. The Morgan fingerprint density at radius 2 is 1.79 bits per heavy atom. The maximum Gasteiger partial charge on any atom is 0.251 e.